The largest absolute Gasteiger partial charge is 0.497 e. The molecule has 1 fully saturated rings. The highest BCUT2D eigenvalue weighted by atomic mass is 32.2. The monoisotopic (exact) mass is 577 g/mol. The van der Waals surface area contributed by atoms with Gasteiger partial charge in [0.15, 0.2) is 0 Å². The predicted molar refractivity (Wildman–Crippen MR) is 159 cm³/mol. The number of carbonyl (C=O) groups is 2. The van der Waals surface area contributed by atoms with Gasteiger partial charge in [0.1, 0.15) is 11.8 Å². The van der Waals surface area contributed by atoms with Gasteiger partial charge < -0.3 is 15.0 Å². The summed E-state index contributed by atoms with van der Waals surface area (Å²) < 4.78 is 33.1. The molecule has 1 aliphatic rings. The predicted octanol–water partition coefficient (Wildman–Crippen LogP) is 4.32. The highest BCUT2D eigenvalue weighted by Gasteiger charge is 2.34. The van der Waals surface area contributed by atoms with E-state index in [9.17, 15) is 18.0 Å². The topological polar surface area (TPSA) is 96.0 Å². The minimum atomic E-state index is -3.93. The Labute approximate surface area is 243 Å². The molecule has 0 unspecified atom stereocenters. The van der Waals surface area contributed by atoms with Crippen LogP contribution in [-0.4, -0.2) is 62.2 Å². The maximum absolute atomic E-state index is 14.0. The van der Waals surface area contributed by atoms with E-state index in [0.29, 0.717) is 12.2 Å². The first kappa shape index (κ1) is 30.3. The van der Waals surface area contributed by atoms with Gasteiger partial charge in [-0.3, -0.25) is 9.59 Å². The summed E-state index contributed by atoms with van der Waals surface area (Å²) >= 11 is 0. The van der Waals surface area contributed by atoms with E-state index in [0.717, 1.165) is 46.7 Å². The smallest absolute Gasteiger partial charge is 0.243 e. The highest BCUT2D eigenvalue weighted by Crippen LogP contribution is 2.22. The quantitative estimate of drug-likeness (QED) is 0.346. The SMILES string of the molecule is COc1cccc(CN(C(=O)CN(C)S(=O)(=O)c2ccc(C)cc2)[C@@H](Cc2ccccc2)C(=O)NC2CCCC2)c1. The Balaban J connectivity index is 1.67. The molecule has 0 aromatic heterocycles. The molecule has 9 heteroatoms. The lowest BCUT2D eigenvalue weighted by atomic mass is 10.0. The summed E-state index contributed by atoms with van der Waals surface area (Å²) in [5, 5.41) is 3.17. The first-order valence-corrected chi connectivity index (χ1v) is 15.4. The molecule has 1 N–H and O–H groups in total. The zero-order valence-electron chi connectivity index (χ0n) is 24.0. The van der Waals surface area contributed by atoms with E-state index in [-0.39, 0.29) is 23.4 Å². The van der Waals surface area contributed by atoms with Crippen LogP contribution in [0.15, 0.2) is 83.8 Å². The number of likely N-dealkylation sites (N-methyl/N-ethyl adjacent to an activating group) is 1. The fourth-order valence-electron chi connectivity index (χ4n) is 5.15. The lowest BCUT2D eigenvalue weighted by Crippen LogP contribution is -2.54. The Morgan fingerprint density at radius 3 is 2.27 bits per heavy atom. The van der Waals surface area contributed by atoms with Crippen molar-refractivity contribution >= 4 is 21.8 Å². The number of ether oxygens (including phenoxy) is 1. The van der Waals surface area contributed by atoms with Crippen molar-refractivity contribution in [1.29, 1.82) is 0 Å². The van der Waals surface area contributed by atoms with Crippen molar-refractivity contribution in [2.75, 3.05) is 20.7 Å². The third-order valence-corrected chi connectivity index (χ3v) is 9.36. The number of benzene rings is 3. The lowest BCUT2D eigenvalue weighted by molar-refractivity contribution is -0.141. The molecule has 4 rings (SSSR count). The van der Waals surface area contributed by atoms with Crippen molar-refractivity contribution in [3.63, 3.8) is 0 Å². The van der Waals surface area contributed by atoms with E-state index in [2.05, 4.69) is 5.32 Å². The number of sulfonamides is 1. The maximum Gasteiger partial charge on any atom is 0.243 e. The molecular formula is C32H39N3O5S. The third-order valence-electron chi connectivity index (χ3n) is 7.55. The Morgan fingerprint density at radius 1 is 0.951 bits per heavy atom. The van der Waals surface area contributed by atoms with Gasteiger partial charge in [0.25, 0.3) is 0 Å². The van der Waals surface area contributed by atoms with E-state index in [1.165, 1.54) is 24.1 Å². The van der Waals surface area contributed by atoms with Crippen LogP contribution in [-0.2, 0) is 32.6 Å². The number of hydrogen-bond donors (Lipinski definition) is 1. The Kier molecular flexibility index (Phi) is 10.2. The summed E-state index contributed by atoms with van der Waals surface area (Å²) in [6, 6.07) is 22.6. The molecule has 218 valence electrons. The van der Waals surface area contributed by atoms with Gasteiger partial charge in [-0.25, -0.2) is 8.42 Å². The molecule has 3 aromatic rings. The average molecular weight is 578 g/mol. The molecule has 3 aromatic carbocycles. The van der Waals surface area contributed by atoms with Crippen molar-refractivity contribution in [2.24, 2.45) is 0 Å². The fraction of sp³-hybridized carbons (Fsp3) is 0.375. The molecule has 0 aliphatic heterocycles. The van der Waals surface area contributed by atoms with E-state index in [1.54, 1.807) is 19.2 Å². The number of carbonyl (C=O) groups excluding carboxylic acids is 2. The highest BCUT2D eigenvalue weighted by molar-refractivity contribution is 7.89. The minimum Gasteiger partial charge on any atom is -0.497 e. The molecule has 0 spiro atoms. The zero-order valence-corrected chi connectivity index (χ0v) is 24.8. The average Bonchev–Trinajstić information content (AvgIpc) is 3.48. The van der Waals surface area contributed by atoms with Crippen LogP contribution >= 0.6 is 0 Å². The number of hydrogen-bond acceptors (Lipinski definition) is 5. The van der Waals surface area contributed by atoms with E-state index in [4.69, 9.17) is 4.74 Å². The molecular weight excluding hydrogens is 538 g/mol. The number of nitrogens with one attached hydrogen (secondary N) is 1. The normalized spacial score (nSPS) is 14.5. The van der Waals surface area contributed by atoms with Crippen LogP contribution < -0.4 is 10.1 Å². The molecule has 1 aliphatic carbocycles. The molecule has 41 heavy (non-hydrogen) atoms. The van der Waals surface area contributed by atoms with Crippen LogP contribution in [0.4, 0.5) is 0 Å². The Hall–Kier alpha value is -3.69. The second-order valence-corrected chi connectivity index (χ2v) is 12.7. The van der Waals surface area contributed by atoms with Crippen molar-refractivity contribution in [2.45, 2.75) is 62.6 Å². The van der Waals surface area contributed by atoms with Gasteiger partial charge in [0, 0.05) is 26.1 Å². The van der Waals surface area contributed by atoms with Gasteiger partial charge >= 0.3 is 0 Å². The summed E-state index contributed by atoms with van der Waals surface area (Å²) in [5.41, 5.74) is 2.61. The molecule has 8 nitrogen and oxygen atoms in total. The van der Waals surface area contributed by atoms with Crippen molar-refractivity contribution in [3.8, 4) is 5.75 Å². The molecule has 1 saturated carbocycles. The lowest BCUT2D eigenvalue weighted by Gasteiger charge is -2.33. The summed E-state index contributed by atoms with van der Waals surface area (Å²) in [6.45, 7) is 1.58. The summed E-state index contributed by atoms with van der Waals surface area (Å²) in [7, 11) is -0.966. The standard InChI is InChI=1S/C32H39N3O5S/c1-24-16-18-29(19-17-24)41(38,39)34(2)23-31(36)35(22-26-12-9-15-28(20-26)40-3)30(21-25-10-5-4-6-11-25)32(37)33-27-13-7-8-14-27/h4-6,9-12,15-20,27,30H,7-8,13-14,21-23H2,1-3H3,(H,33,37)/t30-/m0/s1. The first-order chi connectivity index (χ1) is 19.7. The number of nitrogens with zero attached hydrogens (tertiary/aromatic N) is 2. The van der Waals surface area contributed by atoms with Crippen LogP contribution in [0, 0.1) is 6.92 Å². The van der Waals surface area contributed by atoms with E-state index >= 15 is 0 Å². The van der Waals surface area contributed by atoms with Gasteiger partial charge in [0.2, 0.25) is 21.8 Å². The van der Waals surface area contributed by atoms with Crippen LogP contribution in [0.3, 0.4) is 0 Å². The van der Waals surface area contributed by atoms with Crippen LogP contribution in [0.1, 0.15) is 42.4 Å². The van der Waals surface area contributed by atoms with Crippen molar-refractivity contribution in [1.82, 2.24) is 14.5 Å². The summed E-state index contributed by atoms with van der Waals surface area (Å²) in [5.74, 6) is -0.0708. The van der Waals surface area contributed by atoms with Crippen LogP contribution in [0.5, 0.6) is 5.75 Å². The zero-order chi connectivity index (χ0) is 29.4. The van der Waals surface area contributed by atoms with Gasteiger partial charge in [-0.05, 0) is 55.2 Å². The van der Waals surface area contributed by atoms with Crippen molar-refractivity contribution in [3.05, 3.63) is 95.6 Å². The molecule has 0 radical (unpaired) electrons. The minimum absolute atomic E-state index is 0.0686. The summed E-state index contributed by atoms with van der Waals surface area (Å²) in [4.78, 5) is 29.5. The first-order valence-electron chi connectivity index (χ1n) is 14.0. The number of methoxy groups -OCH3 is 1. The molecule has 2 amide bonds. The van der Waals surface area contributed by atoms with Gasteiger partial charge in [0.05, 0.1) is 18.6 Å². The fourth-order valence-corrected chi connectivity index (χ4v) is 6.27. The number of aryl methyl sites for hydroxylation is 1. The Morgan fingerprint density at radius 2 is 1.61 bits per heavy atom. The second kappa shape index (κ2) is 13.8. The van der Waals surface area contributed by atoms with Crippen LogP contribution in [0.25, 0.3) is 0 Å². The number of amides is 2. The summed E-state index contributed by atoms with van der Waals surface area (Å²) in [6.07, 6.45) is 4.23. The van der Waals surface area contributed by atoms with E-state index < -0.39 is 28.5 Å². The van der Waals surface area contributed by atoms with Gasteiger partial charge in [-0.2, -0.15) is 4.31 Å². The molecule has 0 heterocycles. The molecule has 0 saturated heterocycles. The third kappa shape index (κ3) is 7.95. The molecule has 0 bridgehead atoms. The van der Waals surface area contributed by atoms with E-state index in [1.807, 2.05) is 61.5 Å². The number of rotatable bonds is 12. The van der Waals surface area contributed by atoms with Gasteiger partial charge in [-0.1, -0.05) is 73.0 Å². The van der Waals surface area contributed by atoms with Crippen molar-refractivity contribution < 1.29 is 22.7 Å². The Bertz CT molecular complexity index is 1420. The second-order valence-electron chi connectivity index (χ2n) is 10.6. The molecule has 1 atom stereocenters. The van der Waals surface area contributed by atoms with Gasteiger partial charge in [-0.15, -0.1) is 0 Å². The van der Waals surface area contributed by atoms with Crippen LogP contribution in [0.2, 0.25) is 0 Å². The maximum atomic E-state index is 14.0.